The molecule has 0 saturated carbocycles. The molecule has 110 valence electrons. The minimum absolute atomic E-state index is 0.0533. The van der Waals surface area contributed by atoms with E-state index in [1.807, 2.05) is 0 Å². The van der Waals surface area contributed by atoms with E-state index < -0.39 is 17.7 Å². The van der Waals surface area contributed by atoms with Crippen LogP contribution in [0.4, 0.5) is 16.0 Å². The van der Waals surface area contributed by atoms with Crippen molar-refractivity contribution in [1.29, 1.82) is 0 Å². The van der Waals surface area contributed by atoms with Gasteiger partial charge in [0.1, 0.15) is 18.7 Å². The van der Waals surface area contributed by atoms with Crippen molar-refractivity contribution >= 4 is 23.5 Å². The summed E-state index contributed by atoms with van der Waals surface area (Å²) in [6, 6.07) is 3.58. The summed E-state index contributed by atoms with van der Waals surface area (Å²) in [4.78, 5) is 26.8. The van der Waals surface area contributed by atoms with E-state index in [1.165, 1.54) is 23.1 Å². The highest BCUT2D eigenvalue weighted by Gasteiger charge is 2.14. The monoisotopic (exact) mass is 293 g/mol. The van der Waals surface area contributed by atoms with Gasteiger partial charge >= 0.3 is 5.97 Å². The Hall–Kier alpha value is -2.97. The molecule has 0 spiro atoms. The van der Waals surface area contributed by atoms with E-state index in [0.717, 1.165) is 13.2 Å². The zero-order valence-electron chi connectivity index (χ0n) is 11.0. The number of carbonyl (C=O) groups is 2. The molecule has 0 saturated heterocycles. The Balaban J connectivity index is 2.08. The number of carbonyl (C=O) groups excluding carboxylic acids is 2. The van der Waals surface area contributed by atoms with Gasteiger partial charge in [-0.15, -0.1) is 5.10 Å². The SMILES string of the molecule is COC(=O)c1cc(NC(=O)Cn2cnc(N)n2)ccc1F. The number of hydrogen-bond acceptors (Lipinski definition) is 6. The molecule has 21 heavy (non-hydrogen) atoms. The molecule has 0 aliphatic carbocycles. The first kappa shape index (κ1) is 14.4. The van der Waals surface area contributed by atoms with Crippen molar-refractivity contribution in [2.24, 2.45) is 0 Å². The standard InChI is InChI=1S/C12H12FN5O3/c1-21-11(20)8-4-7(2-3-9(8)13)16-10(19)5-18-6-15-12(14)17-18/h2-4,6H,5H2,1H3,(H2,14,17)(H,16,19). The predicted octanol–water partition coefficient (Wildman–Crippen LogP) is 0.425. The van der Waals surface area contributed by atoms with Crippen LogP contribution in [0.15, 0.2) is 24.5 Å². The fourth-order valence-electron chi connectivity index (χ4n) is 1.60. The van der Waals surface area contributed by atoms with Gasteiger partial charge in [0.15, 0.2) is 0 Å². The predicted molar refractivity (Wildman–Crippen MR) is 70.8 cm³/mol. The van der Waals surface area contributed by atoms with Crippen LogP contribution in [0.3, 0.4) is 0 Å². The number of amides is 1. The lowest BCUT2D eigenvalue weighted by Crippen LogP contribution is -2.19. The minimum Gasteiger partial charge on any atom is -0.465 e. The quantitative estimate of drug-likeness (QED) is 0.790. The first-order valence-electron chi connectivity index (χ1n) is 5.82. The number of esters is 1. The van der Waals surface area contributed by atoms with E-state index in [2.05, 4.69) is 20.1 Å². The van der Waals surface area contributed by atoms with Crippen LogP contribution in [0.25, 0.3) is 0 Å². The molecular formula is C12H12FN5O3. The van der Waals surface area contributed by atoms with Gasteiger partial charge in [0.05, 0.1) is 12.7 Å². The molecule has 0 aliphatic rings. The molecule has 1 aromatic heterocycles. The number of hydrogen-bond donors (Lipinski definition) is 2. The van der Waals surface area contributed by atoms with E-state index in [9.17, 15) is 14.0 Å². The molecule has 2 rings (SSSR count). The van der Waals surface area contributed by atoms with Crippen molar-refractivity contribution in [3.63, 3.8) is 0 Å². The van der Waals surface area contributed by atoms with Gasteiger partial charge in [0.25, 0.3) is 0 Å². The second kappa shape index (κ2) is 5.99. The lowest BCUT2D eigenvalue weighted by atomic mass is 10.2. The van der Waals surface area contributed by atoms with Crippen LogP contribution in [0, 0.1) is 5.82 Å². The molecule has 2 aromatic rings. The number of halogens is 1. The minimum atomic E-state index is -0.826. The molecule has 0 atom stereocenters. The van der Waals surface area contributed by atoms with E-state index >= 15 is 0 Å². The number of methoxy groups -OCH3 is 1. The molecule has 8 nitrogen and oxygen atoms in total. The van der Waals surface area contributed by atoms with Gasteiger partial charge in [-0.2, -0.15) is 0 Å². The molecule has 0 radical (unpaired) electrons. The molecule has 3 N–H and O–H groups in total. The number of anilines is 2. The molecule has 0 aliphatic heterocycles. The lowest BCUT2D eigenvalue weighted by Gasteiger charge is -2.07. The summed E-state index contributed by atoms with van der Waals surface area (Å²) >= 11 is 0. The zero-order chi connectivity index (χ0) is 15.4. The summed E-state index contributed by atoms with van der Waals surface area (Å²) in [7, 11) is 1.14. The molecule has 1 amide bonds. The van der Waals surface area contributed by atoms with E-state index in [1.54, 1.807) is 0 Å². The lowest BCUT2D eigenvalue weighted by molar-refractivity contribution is -0.116. The number of nitrogens with zero attached hydrogens (tertiary/aromatic N) is 3. The van der Waals surface area contributed by atoms with Gasteiger partial charge < -0.3 is 15.8 Å². The van der Waals surface area contributed by atoms with E-state index in [-0.39, 0.29) is 23.7 Å². The molecular weight excluding hydrogens is 281 g/mol. The third-order valence-corrected chi connectivity index (χ3v) is 2.52. The maximum absolute atomic E-state index is 13.4. The van der Waals surface area contributed by atoms with Crippen LogP contribution in [0.5, 0.6) is 0 Å². The molecule has 0 bridgehead atoms. The maximum atomic E-state index is 13.4. The number of benzene rings is 1. The molecule has 1 heterocycles. The van der Waals surface area contributed by atoms with Crippen LogP contribution >= 0.6 is 0 Å². The van der Waals surface area contributed by atoms with Crippen molar-refractivity contribution in [2.75, 3.05) is 18.2 Å². The van der Waals surface area contributed by atoms with Crippen molar-refractivity contribution in [3.8, 4) is 0 Å². The van der Waals surface area contributed by atoms with Crippen LogP contribution in [-0.4, -0.2) is 33.8 Å². The normalized spacial score (nSPS) is 10.2. The maximum Gasteiger partial charge on any atom is 0.340 e. The van der Waals surface area contributed by atoms with Crippen LogP contribution in [-0.2, 0) is 16.1 Å². The summed E-state index contributed by atoms with van der Waals surface area (Å²) in [5.41, 5.74) is 5.32. The third kappa shape index (κ3) is 3.53. The summed E-state index contributed by atoms with van der Waals surface area (Å²) in [5.74, 6) is -1.93. The first-order chi connectivity index (χ1) is 9.99. The molecule has 0 fully saturated rings. The summed E-state index contributed by atoms with van der Waals surface area (Å²) < 4.78 is 19.1. The fourth-order valence-corrected chi connectivity index (χ4v) is 1.60. The summed E-state index contributed by atoms with van der Waals surface area (Å²) in [6.45, 7) is -0.116. The zero-order valence-corrected chi connectivity index (χ0v) is 11.0. The van der Waals surface area contributed by atoms with Crippen molar-refractivity contribution < 1.29 is 18.7 Å². The summed E-state index contributed by atoms with van der Waals surface area (Å²) in [5, 5.41) is 6.26. The van der Waals surface area contributed by atoms with Crippen LogP contribution in [0.1, 0.15) is 10.4 Å². The summed E-state index contributed by atoms with van der Waals surface area (Å²) in [6.07, 6.45) is 1.31. The van der Waals surface area contributed by atoms with Crippen LogP contribution in [0.2, 0.25) is 0 Å². The van der Waals surface area contributed by atoms with Gasteiger partial charge in [0.2, 0.25) is 11.9 Å². The number of ether oxygens (including phenoxy) is 1. The molecule has 1 aromatic carbocycles. The average molecular weight is 293 g/mol. The molecule has 9 heteroatoms. The largest absolute Gasteiger partial charge is 0.465 e. The van der Waals surface area contributed by atoms with Crippen molar-refractivity contribution in [3.05, 3.63) is 35.9 Å². The Morgan fingerprint density at radius 1 is 1.48 bits per heavy atom. The number of rotatable bonds is 4. The second-order valence-electron chi connectivity index (χ2n) is 4.03. The van der Waals surface area contributed by atoms with E-state index in [0.29, 0.717) is 0 Å². The van der Waals surface area contributed by atoms with Gasteiger partial charge in [0, 0.05) is 5.69 Å². The van der Waals surface area contributed by atoms with E-state index in [4.69, 9.17) is 5.73 Å². The van der Waals surface area contributed by atoms with Gasteiger partial charge in [-0.25, -0.2) is 18.9 Å². The Morgan fingerprint density at radius 3 is 2.86 bits per heavy atom. The number of nitrogens with one attached hydrogen (secondary N) is 1. The highest BCUT2D eigenvalue weighted by molar-refractivity contribution is 5.94. The Bertz CT molecular complexity index is 685. The highest BCUT2D eigenvalue weighted by atomic mass is 19.1. The van der Waals surface area contributed by atoms with Gasteiger partial charge in [-0.1, -0.05) is 0 Å². The Morgan fingerprint density at radius 2 is 2.24 bits per heavy atom. The number of nitrogen functional groups attached to an aromatic ring is 1. The van der Waals surface area contributed by atoms with Crippen molar-refractivity contribution in [2.45, 2.75) is 6.54 Å². The average Bonchev–Trinajstić information content (AvgIpc) is 2.85. The highest BCUT2D eigenvalue weighted by Crippen LogP contribution is 2.15. The number of aromatic nitrogens is 3. The Labute approximate surface area is 118 Å². The smallest absolute Gasteiger partial charge is 0.340 e. The van der Waals surface area contributed by atoms with Crippen LogP contribution < -0.4 is 11.1 Å². The third-order valence-electron chi connectivity index (χ3n) is 2.52. The topological polar surface area (TPSA) is 112 Å². The first-order valence-corrected chi connectivity index (χ1v) is 5.82. The van der Waals surface area contributed by atoms with Gasteiger partial charge in [-0.3, -0.25) is 4.79 Å². The Kier molecular flexibility index (Phi) is 4.12. The fraction of sp³-hybridized carbons (Fsp3) is 0.167. The van der Waals surface area contributed by atoms with Gasteiger partial charge in [-0.05, 0) is 18.2 Å². The number of nitrogens with two attached hydrogens (primary N) is 1. The second-order valence-corrected chi connectivity index (χ2v) is 4.03. The van der Waals surface area contributed by atoms with Crippen molar-refractivity contribution in [1.82, 2.24) is 14.8 Å². The molecule has 0 unspecified atom stereocenters.